The molecule has 0 radical (unpaired) electrons. The number of hydrogen-bond acceptors (Lipinski definition) is 7. The van der Waals surface area contributed by atoms with E-state index in [-0.39, 0.29) is 27.9 Å². The largest absolute Gasteiger partial charge is 0.421 e. The van der Waals surface area contributed by atoms with E-state index in [1.165, 1.54) is 18.2 Å². The molecule has 2 amide bonds. The van der Waals surface area contributed by atoms with Crippen LogP contribution in [0.1, 0.15) is 21.7 Å². The zero-order valence-corrected chi connectivity index (χ0v) is 19.8. The lowest BCUT2D eigenvalue weighted by molar-refractivity contribution is -0.122. The average Bonchev–Trinajstić information content (AvgIpc) is 3.06. The Morgan fingerprint density at radius 3 is 2.43 bits per heavy atom. The number of hydrogen-bond donors (Lipinski definition) is 3. The number of hydrazine groups is 1. The number of nitrogens with zero attached hydrogens (tertiary/aromatic N) is 3. The van der Waals surface area contributed by atoms with Gasteiger partial charge >= 0.3 is 11.3 Å². The van der Waals surface area contributed by atoms with Crippen LogP contribution in [-0.2, 0) is 17.8 Å². The van der Waals surface area contributed by atoms with Gasteiger partial charge in [-0.25, -0.2) is 14.3 Å². The Kier molecular flexibility index (Phi) is 6.83. The fraction of sp³-hybridized carbons (Fsp3) is 0.0952. The van der Waals surface area contributed by atoms with Gasteiger partial charge in [0.2, 0.25) is 0 Å². The highest BCUT2D eigenvalue weighted by molar-refractivity contribution is 6.38. The zero-order chi connectivity index (χ0) is 25.3. The predicted molar refractivity (Wildman–Crippen MR) is 129 cm³/mol. The van der Waals surface area contributed by atoms with Gasteiger partial charge in [-0.1, -0.05) is 46.9 Å². The Morgan fingerprint density at radius 2 is 1.71 bits per heavy atom. The van der Waals surface area contributed by atoms with Crippen molar-refractivity contribution < 1.29 is 14.0 Å². The summed E-state index contributed by atoms with van der Waals surface area (Å²) in [5.41, 5.74) is 2.94. The monoisotopic (exact) mass is 536 g/mol. The van der Waals surface area contributed by atoms with Crippen LogP contribution in [-0.4, -0.2) is 26.3 Å². The van der Waals surface area contributed by atoms with Gasteiger partial charge in [0.15, 0.2) is 11.4 Å². The van der Waals surface area contributed by atoms with Gasteiger partial charge in [-0.05, 0) is 35.9 Å². The summed E-state index contributed by atoms with van der Waals surface area (Å²) >= 11 is 17.8. The van der Waals surface area contributed by atoms with Crippen molar-refractivity contribution in [3.05, 3.63) is 95.4 Å². The smallest absolute Gasteiger partial charge is 0.365 e. The molecule has 0 bridgehead atoms. The molecule has 0 saturated carbocycles. The molecule has 0 atom stereocenters. The summed E-state index contributed by atoms with van der Waals surface area (Å²) in [6, 6.07) is 10.9. The van der Waals surface area contributed by atoms with Gasteiger partial charge in [0, 0.05) is 21.9 Å². The van der Waals surface area contributed by atoms with Crippen molar-refractivity contribution in [2.24, 2.45) is 0 Å². The van der Waals surface area contributed by atoms with E-state index in [0.717, 1.165) is 14.9 Å². The fourth-order valence-corrected chi connectivity index (χ4v) is 3.83. The minimum Gasteiger partial charge on any atom is -0.421 e. The van der Waals surface area contributed by atoms with E-state index in [9.17, 15) is 19.2 Å². The van der Waals surface area contributed by atoms with Crippen LogP contribution in [0.5, 0.6) is 0 Å². The van der Waals surface area contributed by atoms with Crippen LogP contribution in [0.2, 0.25) is 15.1 Å². The predicted octanol–water partition coefficient (Wildman–Crippen LogP) is 1.88. The van der Waals surface area contributed by atoms with Gasteiger partial charge in [0.05, 0.1) is 5.02 Å². The number of rotatable bonds is 5. The lowest BCUT2D eigenvalue weighted by Crippen LogP contribution is -2.45. The summed E-state index contributed by atoms with van der Waals surface area (Å²) in [4.78, 5) is 49.2. The Bertz CT molecular complexity index is 1580. The van der Waals surface area contributed by atoms with E-state index in [4.69, 9.17) is 45.1 Å². The van der Waals surface area contributed by atoms with Crippen LogP contribution >= 0.6 is 34.8 Å². The maximum atomic E-state index is 12.4. The lowest BCUT2D eigenvalue weighted by atomic mass is 10.1. The number of carbonyl (C=O) groups excluding carboxylic acids is 2. The first-order valence-corrected chi connectivity index (χ1v) is 11.0. The second kappa shape index (κ2) is 9.82. The number of nitrogen functional groups attached to an aromatic ring is 1. The molecule has 2 aromatic carbocycles. The molecule has 14 heteroatoms. The lowest BCUT2D eigenvalue weighted by Gasteiger charge is -2.07. The number of fused-ring (bicyclic) bond motifs is 1. The summed E-state index contributed by atoms with van der Waals surface area (Å²) in [7, 11) is 0. The molecule has 2 aromatic heterocycles. The van der Waals surface area contributed by atoms with E-state index in [2.05, 4.69) is 16.0 Å². The normalized spacial score (nSPS) is 10.9. The van der Waals surface area contributed by atoms with E-state index in [1.807, 2.05) is 0 Å². The van der Waals surface area contributed by atoms with Crippen LogP contribution in [0.15, 0.2) is 56.5 Å². The number of carbonyl (C=O) groups is 2. The van der Waals surface area contributed by atoms with Crippen LogP contribution in [0.4, 0.5) is 0 Å². The van der Waals surface area contributed by atoms with Crippen molar-refractivity contribution in [1.29, 1.82) is 0 Å². The standard InChI is InChI=1S/C21H15Cl3N6O5/c22-12-3-1-10(2-4-12)5-16-28-29(21(34)30(16)25)9-17(31)26-27-19(32)14-7-11-6-13(23)8-15(24)18(11)35-20(14)33/h1-4,6-8H,5,9,25H2,(H,26,31)(H,27,32). The number of nitrogens with two attached hydrogens (primary N) is 1. The molecule has 0 saturated heterocycles. The van der Waals surface area contributed by atoms with E-state index in [0.29, 0.717) is 10.4 Å². The van der Waals surface area contributed by atoms with Crippen LogP contribution in [0, 0.1) is 0 Å². The fourth-order valence-electron chi connectivity index (χ4n) is 3.16. The summed E-state index contributed by atoms with van der Waals surface area (Å²) < 4.78 is 6.74. The molecule has 2 heterocycles. The van der Waals surface area contributed by atoms with Crippen molar-refractivity contribution >= 4 is 57.6 Å². The Labute approximate surface area is 210 Å². The van der Waals surface area contributed by atoms with Gasteiger partial charge in [0.1, 0.15) is 12.1 Å². The summed E-state index contributed by atoms with van der Waals surface area (Å²) in [5.74, 6) is 4.22. The quantitative estimate of drug-likeness (QED) is 0.199. The third kappa shape index (κ3) is 5.32. The second-order valence-electron chi connectivity index (χ2n) is 7.29. The van der Waals surface area contributed by atoms with Gasteiger partial charge < -0.3 is 10.3 Å². The number of aromatic nitrogens is 3. The Morgan fingerprint density at radius 1 is 1.00 bits per heavy atom. The van der Waals surface area contributed by atoms with Crippen molar-refractivity contribution in [1.82, 2.24) is 25.3 Å². The number of halogens is 3. The minimum absolute atomic E-state index is 0.0628. The zero-order valence-electron chi connectivity index (χ0n) is 17.5. The first-order chi connectivity index (χ1) is 16.6. The second-order valence-corrected chi connectivity index (χ2v) is 8.57. The molecule has 0 fully saturated rings. The highest BCUT2D eigenvalue weighted by atomic mass is 35.5. The summed E-state index contributed by atoms with van der Waals surface area (Å²) in [5, 5.41) is 5.30. The first-order valence-electron chi connectivity index (χ1n) is 9.82. The molecule has 4 N–H and O–H groups in total. The topological polar surface area (TPSA) is 154 Å². The average molecular weight is 538 g/mol. The molecule has 4 rings (SSSR count). The van der Waals surface area contributed by atoms with Crippen molar-refractivity contribution in [2.75, 3.05) is 5.84 Å². The molecular formula is C21H15Cl3N6O5. The molecule has 0 aliphatic rings. The minimum atomic E-state index is -0.974. The molecule has 11 nitrogen and oxygen atoms in total. The van der Waals surface area contributed by atoms with E-state index < -0.39 is 35.2 Å². The highest BCUT2D eigenvalue weighted by Crippen LogP contribution is 2.27. The molecule has 180 valence electrons. The highest BCUT2D eigenvalue weighted by Gasteiger charge is 2.18. The van der Waals surface area contributed by atoms with Crippen molar-refractivity contribution in [3.8, 4) is 0 Å². The van der Waals surface area contributed by atoms with Gasteiger partial charge in [0.25, 0.3) is 11.8 Å². The summed E-state index contributed by atoms with van der Waals surface area (Å²) in [6.07, 6.45) is 0.222. The van der Waals surface area contributed by atoms with Crippen LogP contribution in [0.3, 0.4) is 0 Å². The Balaban J connectivity index is 1.43. The first kappa shape index (κ1) is 24.3. The third-order valence-electron chi connectivity index (χ3n) is 4.82. The maximum Gasteiger partial charge on any atom is 0.365 e. The molecular weight excluding hydrogens is 523 g/mol. The van der Waals surface area contributed by atoms with Crippen molar-refractivity contribution in [3.63, 3.8) is 0 Å². The number of nitrogens with one attached hydrogen (secondary N) is 2. The number of benzene rings is 2. The van der Waals surface area contributed by atoms with Gasteiger partial charge in [-0.2, -0.15) is 9.77 Å². The van der Waals surface area contributed by atoms with Crippen LogP contribution in [0.25, 0.3) is 11.0 Å². The Hall–Kier alpha value is -3.80. The third-order valence-corrected chi connectivity index (χ3v) is 5.57. The maximum absolute atomic E-state index is 12.4. The molecule has 0 aliphatic heterocycles. The SMILES string of the molecule is Nn1c(Cc2ccc(Cl)cc2)nn(CC(=O)NNC(=O)c2cc3cc(Cl)cc(Cl)c3oc2=O)c1=O. The van der Waals surface area contributed by atoms with E-state index in [1.54, 1.807) is 24.3 Å². The molecule has 0 spiro atoms. The van der Waals surface area contributed by atoms with Gasteiger partial charge in [-0.15, -0.1) is 0 Å². The van der Waals surface area contributed by atoms with E-state index >= 15 is 0 Å². The molecule has 0 aliphatic carbocycles. The van der Waals surface area contributed by atoms with Gasteiger partial charge in [-0.3, -0.25) is 20.4 Å². The van der Waals surface area contributed by atoms with Crippen LogP contribution < -0.4 is 28.0 Å². The summed E-state index contributed by atoms with van der Waals surface area (Å²) in [6.45, 7) is -0.547. The molecule has 35 heavy (non-hydrogen) atoms. The molecule has 0 unspecified atom stereocenters. The van der Waals surface area contributed by atoms with Crippen molar-refractivity contribution in [2.45, 2.75) is 13.0 Å². The molecule has 4 aromatic rings. The number of amides is 2.